The zero-order valence-electron chi connectivity index (χ0n) is 10.2. The lowest BCUT2D eigenvalue weighted by Crippen LogP contribution is -2.30. The van der Waals surface area contributed by atoms with Crippen molar-refractivity contribution in [2.75, 3.05) is 11.4 Å². The van der Waals surface area contributed by atoms with Gasteiger partial charge in [0.2, 0.25) is 0 Å². The van der Waals surface area contributed by atoms with E-state index in [4.69, 9.17) is 29.6 Å². The fourth-order valence-electron chi connectivity index (χ4n) is 2.40. The highest BCUT2D eigenvalue weighted by Crippen LogP contribution is 2.40. The third-order valence-electron chi connectivity index (χ3n) is 3.69. The van der Waals surface area contributed by atoms with Crippen molar-refractivity contribution in [1.82, 2.24) is 0 Å². The molecule has 0 aromatic heterocycles. The first-order valence-corrected chi connectivity index (χ1v) is 7.30. The Morgan fingerprint density at radius 3 is 2.61 bits per heavy atom. The number of rotatable bonds is 5. The van der Waals surface area contributed by atoms with E-state index < -0.39 is 0 Å². The molecule has 18 heavy (non-hydrogen) atoms. The van der Waals surface area contributed by atoms with E-state index in [1.165, 1.54) is 25.7 Å². The van der Waals surface area contributed by atoms with Crippen molar-refractivity contribution in [3.63, 3.8) is 0 Å². The number of halogens is 1. The first-order valence-electron chi connectivity index (χ1n) is 6.52. The van der Waals surface area contributed by atoms with Crippen LogP contribution < -0.4 is 10.6 Å². The molecule has 0 radical (unpaired) electrons. The van der Waals surface area contributed by atoms with Crippen LogP contribution in [0.15, 0.2) is 18.2 Å². The lowest BCUT2D eigenvalue weighted by molar-refractivity contribution is 0.718. The Morgan fingerprint density at radius 2 is 2.06 bits per heavy atom. The van der Waals surface area contributed by atoms with Crippen LogP contribution in [0.5, 0.6) is 0 Å². The van der Waals surface area contributed by atoms with Crippen molar-refractivity contribution in [3.8, 4) is 0 Å². The van der Waals surface area contributed by atoms with E-state index in [0.717, 1.165) is 23.7 Å². The van der Waals surface area contributed by atoms with Gasteiger partial charge in [0, 0.05) is 18.3 Å². The van der Waals surface area contributed by atoms with Gasteiger partial charge >= 0.3 is 0 Å². The quantitative estimate of drug-likeness (QED) is 0.839. The van der Waals surface area contributed by atoms with Crippen LogP contribution in [0.2, 0.25) is 5.02 Å². The number of hydrogen-bond donors (Lipinski definition) is 1. The molecular formula is C14H17ClN2S. The van der Waals surface area contributed by atoms with E-state index in [0.29, 0.717) is 16.1 Å². The molecule has 3 rings (SSSR count). The van der Waals surface area contributed by atoms with Crippen LogP contribution in [0.3, 0.4) is 0 Å². The Morgan fingerprint density at radius 1 is 1.33 bits per heavy atom. The van der Waals surface area contributed by atoms with E-state index in [2.05, 4.69) is 11.0 Å². The topological polar surface area (TPSA) is 29.3 Å². The third-order valence-corrected chi connectivity index (χ3v) is 4.21. The Kier molecular flexibility index (Phi) is 3.20. The Labute approximate surface area is 118 Å². The van der Waals surface area contributed by atoms with Crippen LogP contribution in [-0.2, 0) is 0 Å². The molecule has 1 aromatic rings. The molecule has 2 saturated carbocycles. The van der Waals surface area contributed by atoms with Crippen molar-refractivity contribution >= 4 is 34.5 Å². The van der Waals surface area contributed by atoms with Crippen molar-refractivity contribution in [2.24, 2.45) is 11.7 Å². The average Bonchev–Trinajstić information content (AvgIpc) is 3.17. The van der Waals surface area contributed by atoms with Crippen molar-refractivity contribution in [1.29, 1.82) is 0 Å². The average molecular weight is 281 g/mol. The third kappa shape index (κ3) is 2.47. The number of nitrogens with two attached hydrogens (primary N) is 1. The van der Waals surface area contributed by atoms with Gasteiger partial charge in [-0.3, -0.25) is 0 Å². The molecule has 2 aliphatic carbocycles. The number of hydrogen-bond acceptors (Lipinski definition) is 2. The van der Waals surface area contributed by atoms with Crippen LogP contribution in [0.4, 0.5) is 5.69 Å². The molecule has 0 aliphatic heterocycles. The second-order valence-corrected chi connectivity index (χ2v) is 6.17. The standard InChI is InChI=1S/C14H17ClN2S/c15-11-2-1-3-12(13(11)14(16)18)17(10-6-7-10)8-9-4-5-9/h1-3,9-10H,4-8H2,(H2,16,18). The van der Waals surface area contributed by atoms with Gasteiger partial charge in [0.05, 0.1) is 10.6 Å². The normalized spacial score (nSPS) is 18.7. The predicted octanol–water partition coefficient (Wildman–Crippen LogP) is 3.35. The minimum atomic E-state index is 0.400. The highest BCUT2D eigenvalue weighted by molar-refractivity contribution is 7.80. The van der Waals surface area contributed by atoms with Crippen LogP contribution in [0, 0.1) is 5.92 Å². The van der Waals surface area contributed by atoms with E-state index in [-0.39, 0.29) is 0 Å². The maximum Gasteiger partial charge on any atom is 0.107 e. The monoisotopic (exact) mass is 280 g/mol. The molecular weight excluding hydrogens is 264 g/mol. The zero-order chi connectivity index (χ0) is 12.7. The molecule has 2 N–H and O–H groups in total. The van der Waals surface area contributed by atoms with Gasteiger partial charge in [-0.1, -0.05) is 29.9 Å². The summed E-state index contributed by atoms with van der Waals surface area (Å²) < 4.78 is 0. The smallest absolute Gasteiger partial charge is 0.107 e. The number of anilines is 1. The van der Waals surface area contributed by atoms with E-state index in [1.807, 2.05) is 12.1 Å². The van der Waals surface area contributed by atoms with Crippen LogP contribution in [-0.4, -0.2) is 17.6 Å². The van der Waals surface area contributed by atoms with Gasteiger partial charge in [-0.15, -0.1) is 0 Å². The molecule has 0 amide bonds. The summed E-state index contributed by atoms with van der Waals surface area (Å²) in [6.45, 7) is 1.13. The molecule has 2 fully saturated rings. The summed E-state index contributed by atoms with van der Waals surface area (Å²) in [5.41, 5.74) is 7.82. The second-order valence-electron chi connectivity index (χ2n) is 5.33. The van der Waals surface area contributed by atoms with Crippen molar-refractivity contribution in [2.45, 2.75) is 31.7 Å². The molecule has 0 saturated heterocycles. The maximum absolute atomic E-state index is 6.25. The molecule has 0 unspecified atom stereocenters. The minimum Gasteiger partial charge on any atom is -0.389 e. The summed E-state index contributed by atoms with van der Waals surface area (Å²) in [5.74, 6) is 0.851. The Balaban J connectivity index is 1.96. The van der Waals surface area contributed by atoms with Crippen molar-refractivity contribution < 1.29 is 0 Å². The molecule has 1 aromatic carbocycles. The zero-order valence-corrected chi connectivity index (χ0v) is 11.8. The van der Waals surface area contributed by atoms with Crippen LogP contribution in [0.25, 0.3) is 0 Å². The Bertz CT molecular complexity index is 481. The number of benzene rings is 1. The highest BCUT2D eigenvalue weighted by Gasteiger charge is 2.35. The van der Waals surface area contributed by atoms with Gasteiger partial charge in [0.25, 0.3) is 0 Å². The van der Waals surface area contributed by atoms with Gasteiger partial charge in [0.1, 0.15) is 4.99 Å². The highest BCUT2D eigenvalue weighted by atomic mass is 35.5. The summed E-state index contributed by atoms with van der Waals surface area (Å²) >= 11 is 11.4. The van der Waals surface area contributed by atoms with Crippen molar-refractivity contribution in [3.05, 3.63) is 28.8 Å². The SMILES string of the molecule is NC(=S)c1c(Cl)cccc1N(CC1CC1)C1CC1. The molecule has 96 valence electrons. The van der Waals surface area contributed by atoms with E-state index in [9.17, 15) is 0 Å². The van der Waals surface area contributed by atoms with Gasteiger partial charge in [-0.25, -0.2) is 0 Å². The molecule has 4 heteroatoms. The largest absolute Gasteiger partial charge is 0.389 e. The fourth-order valence-corrected chi connectivity index (χ4v) is 2.95. The minimum absolute atomic E-state index is 0.400. The summed E-state index contributed by atoms with van der Waals surface area (Å²) in [7, 11) is 0. The molecule has 0 bridgehead atoms. The molecule has 0 atom stereocenters. The molecule has 2 nitrogen and oxygen atoms in total. The lowest BCUT2D eigenvalue weighted by atomic mass is 10.1. The number of nitrogens with zero attached hydrogens (tertiary/aromatic N) is 1. The van der Waals surface area contributed by atoms with Gasteiger partial charge in [0.15, 0.2) is 0 Å². The molecule has 0 heterocycles. The lowest BCUT2D eigenvalue weighted by Gasteiger charge is -2.27. The summed E-state index contributed by atoms with van der Waals surface area (Å²) in [6, 6.07) is 6.61. The summed E-state index contributed by atoms with van der Waals surface area (Å²) in [4.78, 5) is 2.87. The first-order chi connectivity index (χ1) is 8.66. The number of thiocarbonyl (C=S) groups is 1. The van der Waals surface area contributed by atoms with Gasteiger partial charge in [-0.05, 0) is 43.7 Å². The van der Waals surface area contributed by atoms with Crippen LogP contribution >= 0.6 is 23.8 Å². The fraction of sp³-hybridized carbons (Fsp3) is 0.500. The first kappa shape index (κ1) is 12.2. The summed E-state index contributed by atoms with van der Waals surface area (Å²) in [5, 5.41) is 0.668. The van der Waals surface area contributed by atoms with E-state index >= 15 is 0 Å². The van der Waals surface area contributed by atoms with Crippen LogP contribution in [0.1, 0.15) is 31.2 Å². The van der Waals surface area contributed by atoms with Gasteiger partial charge < -0.3 is 10.6 Å². The maximum atomic E-state index is 6.25. The predicted molar refractivity (Wildman–Crippen MR) is 80.4 cm³/mol. The molecule has 2 aliphatic rings. The Hall–Kier alpha value is -0.800. The second kappa shape index (κ2) is 4.71. The van der Waals surface area contributed by atoms with Gasteiger partial charge in [-0.2, -0.15) is 0 Å². The molecule has 0 spiro atoms. The summed E-state index contributed by atoms with van der Waals surface area (Å²) in [6.07, 6.45) is 5.25. The van der Waals surface area contributed by atoms with E-state index in [1.54, 1.807) is 0 Å².